The Kier molecular flexibility index (Phi) is 7.03. The number of rotatable bonds is 7. The second-order valence-corrected chi connectivity index (χ2v) is 4.75. The molecule has 90 valence electrons. The summed E-state index contributed by atoms with van der Waals surface area (Å²) in [5, 5.41) is 0. The van der Waals surface area contributed by atoms with Crippen molar-refractivity contribution in [1.82, 2.24) is 4.90 Å². The minimum atomic E-state index is 0.928. The Morgan fingerprint density at radius 3 is 2.47 bits per heavy atom. The molecule has 0 aromatic rings. The number of likely N-dealkylation sites (tertiary alicyclic amines) is 1. The average molecular weight is 213 g/mol. The van der Waals surface area contributed by atoms with E-state index in [0.29, 0.717) is 0 Å². The molecule has 1 fully saturated rings. The van der Waals surface area contributed by atoms with Gasteiger partial charge in [-0.1, -0.05) is 13.3 Å². The molecule has 2 heteroatoms. The van der Waals surface area contributed by atoms with Crippen LogP contribution in [-0.4, -0.2) is 38.3 Å². The number of unbranched alkanes of at least 4 members (excludes halogenated alkanes) is 2. The van der Waals surface area contributed by atoms with Crippen molar-refractivity contribution in [2.24, 2.45) is 5.92 Å². The smallest absolute Gasteiger partial charge is 0.0462 e. The molecule has 0 saturated carbocycles. The predicted molar refractivity (Wildman–Crippen MR) is 65.2 cm³/mol. The molecule has 1 rings (SSSR count). The Hall–Kier alpha value is -0.0800. The van der Waals surface area contributed by atoms with Gasteiger partial charge in [-0.05, 0) is 57.7 Å². The maximum absolute atomic E-state index is 5.05. The van der Waals surface area contributed by atoms with Crippen molar-refractivity contribution in [3.05, 3.63) is 0 Å². The molecule has 15 heavy (non-hydrogen) atoms. The van der Waals surface area contributed by atoms with E-state index in [0.717, 1.165) is 12.5 Å². The second-order valence-electron chi connectivity index (χ2n) is 4.75. The van der Waals surface area contributed by atoms with Gasteiger partial charge >= 0.3 is 0 Å². The van der Waals surface area contributed by atoms with Crippen molar-refractivity contribution in [3.8, 4) is 0 Å². The zero-order chi connectivity index (χ0) is 10.9. The van der Waals surface area contributed by atoms with Crippen LogP contribution in [0, 0.1) is 5.92 Å². The van der Waals surface area contributed by atoms with Gasteiger partial charge in [0.2, 0.25) is 0 Å². The zero-order valence-corrected chi connectivity index (χ0v) is 10.5. The fraction of sp³-hybridized carbons (Fsp3) is 1.00. The monoisotopic (exact) mass is 213 g/mol. The van der Waals surface area contributed by atoms with Crippen LogP contribution in [0.15, 0.2) is 0 Å². The van der Waals surface area contributed by atoms with Gasteiger partial charge in [-0.15, -0.1) is 0 Å². The van der Waals surface area contributed by atoms with Gasteiger partial charge in [-0.3, -0.25) is 0 Å². The summed E-state index contributed by atoms with van der Waals surface area (Å²) in [5.74, 6) is 1.01. The van der Waals surface area contributed by atoms with Gasteiger partial charge in [0, 0.05) is 13.7 Å². The Labute approximate surface area is 95.0 Å². The molecular weight excluding hydrogens is 186 g/mol. The molecule has 0 bridgehead atoms. The lowest BCUT2D eigenvalue weighted by Gasteiger charge is -2.31. The molecule has 0 atom stereocenters. The van der Waals surface area contributed by atoms with Crippen molar-refractivity contribution in [2.45, 2.75) is 45.4 Å². The van der Waals surface area contributed by atoms with Crippen molar-refractivity contribution in [1.29, 1.82) is 0 Å². The van der Waals surface area contributed by atoms with Crippen LogP contribution in [0.2, 0.25) is 0 Å². The molecule has 1 aliphatic rings. The number of piperidine rings is 1. The largest absolute Gasteiger partial charge is 0.385 e. The van der Waals surface area contributed by atoms with Crippen molar-refractivity contribution in [2.75, 3.05) is 33.4 Å². The van der Waals surface area contributed by atoms with Gasteiger partial charge in [0.15, 0.2) is 0 Å². The third kappa shape index (κ3) is 5.53. The first-order valence-electron chi connectivity index (χ1n) is 6.58. The van der Waals surface area contributed by atoms with E-state index in [4.69, 9.17) is 4.74 Å². The van der Waals surface area contributed by atoms with E-state index < -0.39 is 0 Å². The molecular formula is C13H27NO. The highest BCUT2D eigenvalue weighted by atomic mass is 16.5. The topological polar surface area (TPSA) is 12.5 Å². The number of methoxy groups -OCH3 is 1. The zero-order valence-electron chi connectivity index (χ0n) is 10.5. The van der Waals surface area contributed by atoms with Crippen molar-refractivity contribution < 1.29 is 4.74 Å². The van der Waals surface area contributed by atoms with E-state index in [2.05, 4.69) is 11.8 Å². The van der Waals surface area contributed by atoms with E-state index in [1.165, 1.54) is 58.2 Å². The molecule has 1 heterocycles. The van der Waals surface area contributed by atoms with E-state index in [-0.39, 0.29) is 0 Å². The minimum Gasteiger partial charge on any atom is -0.385 e. The van der Waals surface area contributed by atoms with E-state index in [1.807, 2.05) is 0 Å². The van der Waals surface area contributed by atoms with Crippen LogP contribution in [0.1, 0.15) is 45.4 Å². The van der Waals surface area contributed by atoms with Crippen LogP contribution in [0.25, 0.3) is 0 Å². The highest BCUT2D eigenvalue weighted by Gasteiger charge is 2.16. The highest BCUT2D eigenvalue weighted by molar-refractivity contribution is 4.71. The molecule has 2 nitrogen and oxygen atoms in total. The Morgan fingerprint density at radius 2 is 1.87 bits per heavy atom. The minimum absolute atomic E-state index is 0.928. The standard InChI is InChI=1S/C13H27NO/c1-3-13-7-10-14(11-8-13)9-5-4-6-12-15-2/h13H,3-12H2,1-2H3. The maximum atomic E-state index is 5.05. The lowest BCUT2D eigenvalue weighted by Crippen LogP contribution is -2.34. The summed E-state index contributed by atoms with van der Waals surface area (Å²) in [6.07, 6.45) is 8.12. The summed E-state index contributed by atoms with van der Waals surface area (Å²) in [4.78, 5) is 2.64. The molecule has 0 amide bonds. The fourth-order valence-electron chi connectivity index (χ4n) is 2.38. The summed E-state index contributed by atoms with van der Waals surface area (Å²) in [6, 6.07) is 0. The molecule has 0 unspecified atom stereocenters. The SMILES string of the molecule is CCC1CCN(CCCCCOC)CC1. The molecule has 0 radical (unpaired) electrons. The molecule has 0 N–H and O–H groups in total. The average Bonchev–Trinajstić information content (AvgIpc) is 2.30. The number of nitrogens with zero attached hydrogens (tertiary/aromatic N) is 1. The van der Waals surface area contributed by atoms with Crippen LogP contribution < -0.4 is 0 Å². The van der Waals surface area contributed by atoms with Crippen molar-refractivity contribution in [3.63, 3.8) is 0 Å². The normalized spacial score (nSPS) is 19.6. The predicted octanol–water partition coefficient (Wildman–Crippen LogP) is 2.93. The first kappa shape index (κ1) is 13.0. The quantitative estimate of drug-likeness (QED) is 0.603. The van der Waals surface area contributed by atoms with Gasteiger partial charge in [0.1, 0.15) is 0 Å². The number of ether oxygens (including phenoxy) is 1. The first-order valence-corrected chi connectivity index (χ1v) is 6.58. The number of hydrogen-bond donors (Lipinski definition) is 0. The van der Waals surface area contributed by atoms with Crippen LogP contribution in [0.5, 0.6) is 0 Å². The third-order valence-corrected chi connectivity index (χ3v) is 3.61. The fourth-order valence-corrected chi connectivity index (χ4v) is 2.38. The summed E-state index contributed by atoms with van der Waals surface area (Å²) in [5.41, 5.74) is 0. The lowest BCUT2D eigenvalue weighted by molar-refractivity contribution is 0.170. The molecule has 0 aliphatic carbocycles. The van der Waals surface area contributed by atoms with Gasteiger partial charge in [-0.25, -0.2) is 0 Å². The Balaban J connectivity index is 1.94. The van der Waals surface area contributed by atoms with Crippen LogP contribution in [0.3, 0.4) is 0 Å². The molecule has 0 aromatic carbocycles. The molecule has 1 saturated heterocycles. The van der Waals surface area contributed by atoms with Crippen molar-refractivity contribution >= 4 is 0 Å². The van der Waals surface area contributed by atoms with Crippen LogP contribution >= 0.6 is 0 Å². The highest BCUT2D eigenvalue weighted by Crippen LogP contribution is 2.19. The second kappa shape index (κ2) is 8.12. The third-order valence-electron chi connectivity index (χ3n) is 3.61. The number of hydrogen-bond acceptors (Lipinski definition) is 2. The summed E-state index contributed by atoms with van der Waals surface area (Å²) < 4.78 is 5.05. The summed E-state index contributed by atoms with van der Waals surface area (Å²) in [6.45, 7) is 7.23. The summed E-state index contributed by atoms with van der Waals surface area (Å²) >= 11 is 0. The van der Waals surface area contributed by atoms with E-state index >= 15 is 0 Å². The van der Waals surface area contributed by atoms with Crippen LogP contribution in [-0.2, 0) is 4.74 Å². The Bertz CT molecular complexity index is 141. The Morgan fingerprint density at radius 1 is 1.13 bits per heavy atom. The van der Waals surface area contributed by atoms with Gasteiger partial charge in [0.05, 0.1) is 0 Å². The molecule has 0 spiro atoms. The van der Waals surface area contributed by atoms with Gasteiger partial charge in [0.25, 0.3) is 0 Å². The van der Waals surface area contributed by atoms with Gasteiger partial charge in [-0.2, -0.15) is 0 Å². The van der Waals surface area contributed by atoms with Gasteiger partial charge < -0.3 is 9.64 Å². The van der Waals surface area contributed by atoms with E-state index in [1.54, 1.807) is 7.11 Å². The first-order chi connectivity index (χ1) is 7.36. The maximum Gasteiger partial charge on any atom is 0.0462 e. The van der Waals surface area contributed by atoms with E-state index in [9.17, 15) is 0 Å². The summed E-state index contributed by atoms with van der Waals surface area (Å²) in [7, 11) is 1.79. The van der Waals surface area contributed by atoms with Crippen LogP contribution in [0.4, 0.5) is 0 Å². The molecule has 0 aromatic heterocycles. The molecule has 1 aliphatic heterocycles. The lowest BCUT2D eigenvalue weighted by atomic mass is 9.94.